The van der Waals surface area contributed by atoms with Crippen LogP contribution in [-0.4, -0.2) is 16.7 Å². The number of nitro groups is 1. The van der Waals surface area contributed by atoms with Gasteiger partial charge in [-0.25, -0.2) is 0 Å². The molecule has 26 heavy (non-hydrogen) atoms. The number of rotatable bonds is 5. The van der Waals surface area contributed by atoms with E-state index in [0.717, 1.165) is 4.88 Å². The summed E-state index contributed by atoms with van der Waals surface area (Å²) in [7, 11) is 0. The van der Waals surface area contributed by atoms with Crippen LogP contribution in [0.2, 0.25) is 0 Å². The molecule has 0 radical (unpaired) electrons. The van der Waals surface area contributed by atoms with E-state index in [0.29, 0.717) is 11.5 Å². The Balaban J connectivity index is 1.53. The Hall–Kier alpha value is -3.46. The topological polar surface area (TPSA) is 114 Å². The summed E-state index contributed by atoms with van der Waals surface area (Å²) < 4.78 is 5.61. The molecule has 0 fully saturated rings. The number of hydrogen-bond acceptors (Lipinski definition) is 6. The Labute approximate surface area is 151 Å². The number of carbonyl (C=O) groups excluding carboxylic acids is 2. The second-order valence-electron chi connectivity index (χ2n) is 5.18. The molecule has 8 nitrogen and oxygen atoms in total. The maximum atomic E-state index is 11.9. The molecule has 0 saturated carbocycles. The standard InChI is InChI=1S/C17H13N3O5S/c21-16(17(22)19-11-3-5-12(6-4-11)20(23)24)18-10-13-7-8-14(25-13)15-2-1-9-26-15/h1-9H,10H2,(H,18,21)(H,19,22). The zero-order chi connectivity index (χ0) is 18.5. The molecule has 0 saturated heterocycles. The predicted molar refractivity (Wildman–Crippen MR) is 95.6 cm³/mol. The summed E-state index contributed by atoms with van der Waals surface area (Å²) >= 11 is 1.54. The lowest BCUT2D eigenvalue weighted by Crippen LogP contribution is -2.34. The normalized spacial score (nSPS) is 10.3. The molecule has 0 aliphatic heterocycles. The van der Waals surface area contributed by atoms with Crippen molar-refractivity contribution in [3.05, 3.63) is 69.8 Å². The van der Waals surface area contributed by atoms with Crippen molar-refractivity contribution in [3.63, 3.8) is 0 Å². The van der Waals surface area contributed by atoms with E-state index >= 15 is 0 Å². The number of amides is 2. The van der Waals surface area contributed by atoms with Crippen molar-refractivity contribution >= 4 is 34.5 Å². The minimum Gasteiger partial charge on any atom is -0.458 e. The summed E-state index contributed by atoms with van der Waals surface area (Å²) in [5, 5.41) is 17.3. The highest BCUT2D eigenvalue weighted by Crippen LogP contribution is 2.26. The zero-order valence-corrected chi connectivity index (χ0v) is 14.1. The van der Waals surface area contributed by atoms with E-state index < -0.39 is 16.7 Å². The van der Waals surface area contributed by atoms with E-state index in [9.17, 15) is 19.7 Å². The molecule has 0 unspecified atom stereocenters. The van der Waals surface area contributed by atoms with Crippen LogP contribution >= 0.6 is 11.3 Å². The Kier molecular flexibility index (Phi) is 5.09. The fourth-order valence-corrected chi connectivity index (χ4v) is 2.81. The first kappa shape index (κ1) is 17.4. The zero-order valence-electron chi connectivity index (χ0n) is 13.3. The molecule has 0 atom stereocenters. The van der Waals surface area contributed by atoms with Crippen molar-refractivity contribution in [1.82, 2.24) is 5.32 Å². The van der Waals surface area contributed by atoms with Gasteiger partial charge in [0.1, 0.15) is 11.5 Å². The quantitative estimate of drug-likeness (QED) is 0.406. The molecule has 1 aromatic carbocycles. The van der Waals surface area contributed by atoms with Gasteiger partial charge in [0.2, 0.25) is 0 Å². The van der Waals surface area contributed by atoms with Crippen LogP contribution in [0.4, 0.5) is 11.4 Å². The van der Waals surface area contributed by atoms with Crippen molar-refractivity contribution in [3.8, 4) is 10.6 Å². The molecule has 9 heteroatoms. The van der Waals surface area contributed by atoms with Gasteiger partial charge in [-0.05, 0) is 35.7 Å². The minimum atomic E-state index is -0.871. The maximum Gasteiger partial charge on any atom is 0.313 e. The molecular weight excluding hydrogens is 358 g/mol. The number of nitrogens with one attached hydrogen (secondary N) is 2. The molecule has 0 aliphatic rings. The minimum absolute atomic E-state index is 0.0674. The first-order valence-corrected chi connectivity index (χ1v) is 8.37. The summed E-state index contributed by atoms with van der Waals surface area (Å²) in [6.07, 6.45) is 0. The van der Waals surface area contributed by atoms with E-state index in [2.05, 4.69) is 10.6 Å². The van der Waals surface area contributed by atoms with Gasteiger partial charge in [0.25, 0.3) is 5.69 Å². The molecule has 2 N–H and O–H groups in total. The molecule has 0 bridgehead atoms. The molecule has 0 aliphatic carbocycles. The molecule has 2 aromatic heterocycles. The number of thiophene rings is 1. The predicted octanol–water partition coefficient (Wildman–Crippen LogP) is 3.17. The fourth-order valence-electron chi connectivity index (χ4n) is 2.13. The van der Waals surface area contributed by atoms with Gasteiger partial charge < -0.3 is 15.1 Å². The fraction of sp³-hybridized carbons (Fsp3) is 0.0588. The van der Waals surface area contributed by atoms with Gasteiger partial charge in [0, 0.05) is 17.8 Å². The number of nitro benzene ring substituents is 1. The maximum absolute atomic E-state index is 11.9. The van der Waals surface area contributed by atoms with Gasteiger partial charge in [0.05, 0.1) is 16.3 Å². The van der Waals surface area contributed by atoms with Crippen LogP contribution in [0.3, 0.4) is 0 Å². The smallest absolute Gasteiger partial charge is 0.313 e. The van der Waals surface area contributed by atoms with Crippen LogP contribution in [0.15, 0.2) is 58.3 Å². The van der Waals surface area contributed by atoms with Crippen LogP contribution in [0.1, 0.15) is 5.76 Å². The largest absolute Gasteiger partial charge is 0.458 e. The number of non-ortho nitro benzene ring substituents is 1. The van der Waals surface area contributed by atoms with Crippen molar-refractivity contribution < 1.29 is 18.9 Å². The van der Waals surface area contributed by atoms with Crippen molar-refractivity contribution in [2.24, 2.45) is 0 Å². The summed E-state index contributed by atoms with van der Waals surface area (Å²) in [4.78, 5) is 34.7. The summed E-state index contributed by atoms with van der Waals surface area (Å²) in [6, 6.07) is 12.5. The van der Waals surface area contributed by atoms with Crippen LogP contribution < -0.4 is 10.6 Å². The third kappa shape index (κ3) is 4.14. The Morgan fingerprint density at radius 2 is 1.85 bits per heavy atom. The van der Waals surface area contributed by atoms with E-state index in [-0.39, 0.29) is 17.9 Å². The first-order valence-electron chi connectivity index (χ1n) is 7.49. The Morgan fingerprint density at radius 1 is 1.08 bits per heavy atom. The molecule has 3 aromatic rings. The number of furan rings is 1. The number of nitrogens with zero attached hydrogens (tertiary/aromatic N) is 1. The number of carbonyl (C=O) groups is 2. The van der Waals surface area contributed by atoms with Crippen molar-refractivity contribution in [1.29, 1.82) is 0 Å². The number of benzene rings is 1. The molecule has 3 rings (SSSR count). The first-order chi connectivity index (χ1) is 12.5. The van der Waals surface area contributed by atoms with Crippen molar-refractivity contribution in [2.75, 3.05) is 5.32 Å². The van der Waals surface area contributed by atoms with Crippen molar-refractivity contribution in [2.45, 2.75) is 6.54 Å². The van der Waals surface area contributed by atoms with E-state index in [1.807, 2.05) is 17.5 Å². The summed E-state index contributed by atoms with van der Waals surface area (Å²) in [5.41, 5.74) is 0.181. The highest BCUT2D eigenvalue weighted by atomic mass is 32.1. The lowest BCUT2D eigenvalue weighted by molar-refractivity contribution is -0.384. The number of hydrogen-bond donors (Lipinski definition) is 2. The number of anilines is 1. The molecule has 2 amide bonds. The Bertz CT molecular complexity index is 932. The molecule has 132 valence electrons. The summed E-state index contributed by atoms with van der Waals surface area (Å²) in [6.45, 7) is 0.0674. The van der Waals surface area contributed by atoms with Gasteiger partial charge in [-0.3, -0.25) is 19.7 Å². The molecule has 2 heterocycles. The third-order valence-corrected chi connectivity index (χ3v) is 4.28. The van der Waals surface area contributed by atoms with Gasteiger partial charge in [-0.15, -0.1) is 11.3 Å². The van der Waals surface area contributed by atoms with Crippen LogP contribution in [0.25, 0.3) is 10.6 Å². The van der Waals surface area contributed by atoms with Crippen LogP contribution in [-0.2, 0) is 16.1 Å². The third-order valence-electron chi connectivity index (χ3n) is 3.39. The SMILES string of the molecule is O=C(NCc1ccc(-c2cccs2)o1)C(=O)Nc1ccc([N+](=O)[O-])cc1. The average molecular weight is 371 g/mol. The van der Waals surface area contributed by atoms with Crippen LogP contribution in [0, 0.1) is 10.1 Å². The lowest BCUT2D eigenvalue weighted by atomic mass is 10.3. The van der Waals surface area contributed by atoms with Gasteiger partial charge >= 0.3 is 11.8 Å². The highest BCUT2D eigenvalue weighted by molar-refractivity contribution is 7.13. The van der Waals surface area contributed by atoms with Crippen LogP contribution in [0.5, 0.6) is 0 Å². The van der Waals surface area contributed by atoms with E-state index in [4.69, 9.17) is 4.42 Å². The summed E-state index contributed by atoms with van der Waals surface area (Å²) in [5.74, 6) is -0.495. The van der Waals surface area contributed by atoms with E-state index in [1.54, 1.807) is 12.1 Å². The second kappa shape index (κ2) is 7.62. The van der Waals surface area contributed by atoms with Gasteiger partial charge in [0.15, 0.2) is 0 Å². The highest BCUT2D eigenvalue weighted by Gasteiger charge is 2.15. The monoisotopic (exact) mass is 371 g/mol. The molecule has 0 spiro atoms. The second-order valence-corrected chi connectivity index (χ2v) is 6.13. The van der Waals surface area contributed by atoms with E-state index in [1.165, 1.54) is 35.6 Å². The lowest BCUT2D eigenvalue weighted by Gasteiger charge is -2.05. The van der Waals surface area contributed by atoms with Gasteiger partial charge in [-0.1, -0.05) is 6.07 Å². The van der Waals surface area contributed by atoms with Gasteiger partial charge in [-0.2, -0.15) is 0 Å². The average Bonchev–Trinajstić information content (AvgIpc) is 3.31. The Morgan fingerprint density at radius 3 is 2.50 bits per heavy atom. The molecular formula is C17H13N3O5S.